The first-order valence-corrected chi connectivity index (χ1v) is 4.23. The summed E-state index contributed by atoms with van der Waals surface area (Å²) in [5, 5.41) is 0. The van der Waals surface area contributed by atoms with E-state index in [0.717, 1.165) is 5.54 Å². The van der Waals surface area contributed by atoms with Gasteiger partial charge in [-0.1, -0.05) is 0 Å². The molecule has 1 N–H and O–H groups in total. The van der Waals surface area contributed by atoms with Crippen molar-refractivity contribution in [3.63, 3.8) is 0 Å². The van der Waals surface area contributed by atoms with Gasteiger partial charge in [-0.3, -0.25) is 0 Å². The Labute approximate surface area is 82.4 Å². The summed E-state index contributed by atoms with van der Waals surface area (Å²) in [6.07, 6.45) is 0. The Kier molecular flexibility index (Phi) is 2.94. The van der Waals surface area contributed by atoms with Crippen LogP contribution in [0.25, 0.3) is 0 Å². The molecule has 0 atom stereocenters. The van der Waals surface area contributed by atoms with Crippen molar-refractivity contribution < 1.29 is 13.3 Å². The lowest BCUT2D eigenvalue weighted by Gasteiger charge is -2.02. The number of nitrogens with zero attached hydrogens (tertiary/aromatic N) is 1. The number of hydrogen-bond acceptors (Lipinski definition) is 2. The van der Waals surface area contributed by atoms with Crippen molar-refractivity contribution in [2.24, 2.45) is 0 Å². The minimum Gasteiger partial charge on any atom is -0.205 e. The zero-order valence-electron chi connectivity index (χ0n) is 5.34. The Balaban J connectivity index is 3.39. The second-order valence-electron chi connectivity index (χ2n) is 1.79. The number of anilines is 1. The van der Waals surface area contributed by atoms with E-state index in [1.54, 1.807) is 0 Å². The largest absolute Gasteiger partial charge is 0.232 e. The van der Waals surface area contributed by atoms with Crippen molar-refractivity contribution in [1.29, 1.82) is 0 Å². The fraction of sp³-hybridized carbons (Fsp3) is 0. The molecule has 1 heterocycles. The molecule has 0 fully saturated rings. The molecule has 0 amide bonds. The van der Waals surface area contributed by atoms with Gasteiger partial charge in [0.25, 0.3) is 0 Å². The van der Waals surface area contributed by atoms with Crippen molar-refractivity contribution in [2.75, 3.05) is 5.54 Å². The van der Waals surface area contributed by atoms with Gasteiger partial charge in [0, 0.05) is 0 Å². The molecule has 1 aromatic heterocycles. The van der Waals surface area contributed by atoms with Crippen molar-refractivity contribution in [2.45, 2.75) is 0 Å². The van der Waals surface area contributed by atoms with Crippen LogP contribution in [0.3, 0.4) is 0 Å². The topological polar surface area (TPSA) is 24.9 Å². The van der Waals surface area contributed by atoms with Gasteiger partial charge in [0.1, 0.15) is 4.47 Å². The van der Waals surface area contributed by atoms with Gasteiger partial charge in [0.15, 0.2) is 11.6 Å². The second-order valence-corrected chi connectivity index (χ2v) is 3.37. The van der Waals surface area contributed by atoms with E-state index in [0.29, 0.717) is 0 Å². The lowest BCUT2D eigenvalue weighted by Crippen LogP contribution is -1.97. The Morgan fingerprint density at radius 1 is 1.17 bits per heavy atom. The Hall–Kier alpha value is -0.300. The third kappa shape index (κ3) is 1.56. The molecule has 66 valence electrons. The van der Waals surface area contributed by atoms with Gasteiger partial charge in [-0.15, -0.1) is 4.48 Å². The summed E-state index contributed by atoms with van der Waals surface area (Å²) in [6, 6.07) is 0. The van der Waals surface area contributed by atoms with Crippen molar-refractivity contribution in [1.82, 2.24) is 4.98 Å². The third-order valence-corrected chi connectivity index (χ3v) is 2.47. The van der Waals surface area contributed by atoms with Crippen molar-refractivity contribution in [3.8, 4) is 0 Å². The second kappa shape index (κ2) is 3.61. The number of aromatic nitrogens is 1. The van der Waals surface area contributed by atoms with E-state index < -0.39 is 22.1 Å². The summed E-state index contributed by atoms with van der Waals surface area (Å²) in [5.41, 5.74) is 1.05. The van der Waals surface area contributed by atoms with Crippen LogP contribution >= 0.6 is 31.9 Å². The molecule has 12 heavy (non-hydrogen) atoms. The molecule has 0 radical (unpaired) electrons. The molecule has 0 spiro atoms. The standard InChI is InChI=1S/C5HBr2F3N2/c6-1-3(8)2(7)5(12-10)11-4(1)9/h(H,11,12). The fourth-order valence-corrected chi connectivity index (χ4v) is 1.46. The Morgan fingerprint density at radius 2 is 1.75 bits per heavy atom. The zero-order valence-corrected chi connectivity index (χ0v) is 8.51. The molecule has 2 nitrogen and oxygen atoms in total. The summed E-state index contributed by atoms with van der Waals surface area (Å²) >= 11 is 5.29. The molecule has 0 aliphatic rings. The van der Waals surface area contributed by atoms with Gasteiger partial charge in [0.05, 0.1) is 4.47 Å². The molecule has 0 aliphatic carbocycles. The van der Waals surface area contributed by atoms with E-state index in [1.165, 1.54) is 0 Å². The molecule has 0 saturated heterocycles. The van der Waals surface area contributed by atoms with Crippen LogP contribution in [0.5, 0.6) is 0 Å². The van der Waals surface area contributed by atoms with Crippen molar-refractivity contribution in [3.05, 3.63) is 20.7 Å². The van der Waals surface area contributed by atoms with Crippen LogP contribution in [0.15, 0.2) is 8.95 Å². The predicted octanol–water partition coefficient (Wildman–Crippen LogP) is 3.18. The highest BCUT2D eigenvalue weighted by atomic mass is 79.9. The van der Waals surface area contributed by atoms with Gasteiger partial charge in [-0.05, 0) is 31.9 Å². The Bertz CT molecular complexity index is 318. The molecule has 0 unspecified atom stereocenters. The van der Waals surface area contributed by atoms with E-state index in [1.807, 2.05) is 0 Å². The minimum atomic E-state index is -1.11. The summed E-state index contributed by atoms with van der Waals surface area (Å²) in [7, 11) is 0. The molecule has 0 saturated carbocycles. The maximum Gasteiger partial charge on any atom is 0.232 e. The molecule has 1 rings (SSSR count). The smallest absolute Gasteiger partial charge is 0.205 e. The van der Waals surface area contributed by atoms with Gasteiger partial charge >= 0.3 is 0 Å². The monoisotopic (exact) mass is 304 g/mol. The van der Waals surface area contributed by atoms with Crippen LogP contribution in [0, 0.1) is 11.8 Å². The average molecular weight is 306 g/mol. The summed E-state index contributed by atoms with van der Waals surface area (Å²) in [5.74, 6) is -2.59. The van der Waals surface area contributed by atoms with E-state index in [4.69, 9.17) is 0 Å². The fourth-order valence-electron chi connectivity index (χ4n) is 0.550. The zero-order chi connectivity index (χ0) is 9.30. The van der Waals surface area contributed by atoms with E-state index >= 15 is 0 Å². The SMILES string of the molecule is FNc1nc(F)c(Br)c(F)c1Br. The molecule has 0 aromatic carbocycles. The molecule has 7 heteroatoms. The molecular weight excluding hydrogens is 305 g/mol. The van der Waals surface area contributed by atoms with E-state index in [-0.39, 0.29) is 4.47 Å². The van der Waals surface area contributed by atoms with Gasteiger partial charge < -0.3 is 0 Å². The maximum atomic E-state index is 12.9. The summed E-state index contributed by atoms with van der Waals surface area (Å²) < 4.78 is 36.5. The van der Waals surface area contributed by atoms with Crippen LogP contribution in [0.1, 0.15) is 0 Å². The highest BCUT2D eigenvalue weighted by Gasteiger charge is 2.16. The summed E-state index contributed by atoms with van der Waals surface area (Å²) in [6.45, 7) is 0. The number of nitrogens with one attached hydrogen (secondary N) is 1. The quantitative estimate of drug-likeness (QED) is 0.637. The van der Waals surface area contributed by atoms with Gasteiger partial charge in [0.2, 0.25) is 5.95 Å². The number of hydrogen-bond donors (Lipinski definition) is 1. The highest BCUT2D eigenvalue weighted by molar-refractivity contribution is 9.11. The van der Waals surface area contributed by atoms with E-state index in [9.17, 15) is 13.3 Å². The highest BCUT2D eigenvalue weighted by Crippen LogP contribution is 2.30. The molecule has 0 bridgehead atoms. The first-order chi connectivity index (χ1) is 5.57. The van der Waals surface area contributed by atoms with Crippen LogP contribution < -0.4 is 5.54 Å². The minimum absolute atomic E-state index is 0.265. The normalized spacial score (nSPS) is 10.1. The average Bonchev–Trinajstić information content (AvgIpc) is 2.08. The van der Waals surface area contributed by atoms with Crippen LogP contribution in [-0.2, 0) is 0 Å². The van der Waals surface area contributed by atoms with Gasteiger partial charge in [-0.2, -0.15) is 9.37 Å². The van der Waals surface area contributed by atoms with Gasteiger partial charge in [-0.25, -0.2) is 9.93 Å². The number of rotatable bonds is 1. The number of pyridine rings is 1. The summed E-state index contributed by atoms with van der Waals surface area (Å²) in [4.78, 5) is 3.07. The number of halogens is 5. The Morgan fingerprint density at radius 3 is 2.25 bits per heavy atom. The first-order valence-electron chi connectivity index (χ1n) is 2.64. The van der Waals surface area contributed by atoms with Crippen LogP contribution in [0.2, 0.25) is 0 Å². The predicted molar refractivity (Wildman–Crippen MR) is 44.3 cm³/mol. The lowest BCUT2D eigenvalue weighted by atomic mass is 10.4. The van der Waals surface area contributed by atoms with Crippen LogP contribution in [-0.4, -0.2) is 4.98 Å². The molecular formula is C5HBr2F3N2. The third-order valence-electron chi connectivity index (χ3n) is 1.07. The first kappa shape index (κ1) is 9.79. The molecule has 0 aliphatic heterocycles. The lowest BCUT2D eigenvalue weighted by molar-refractivity contribution is 0.527. The maximum absolute atomic E-state index is 12.9. The van der Waals surface area contributed by atoms with Crippen molar-refractivity contribution >= 4 is 37.7 Å². The van der Waals surface area contributed by atoms with Crippen LogP contribution in [0.4, 0.5) is 19.1 Å². The van der Waals surface area contributed by atoms with E-state index in [2.05, 4.69) is 36.8 Å². The molecule has 1 aromatic rings.